The molecule has 1 aliphatic rings. The summed E-state index contributed by atoms with van der Waals surface area (Å²) in [6.07, 6.45) is 0. The number of sulfonamides is 1. The summed E-state index contributed by atoms with van der Waals surface area (Å²) in [7, 11) is -2.55. The molecule has 1 aliphatic heterocycles. The minimum Gasteiger partial charge on any atom is -0.495 e. The molecule has 9 heteroatoms. The summed E-state index contributed by atoms with van der Waals surface area (Å²) in [5.74, 6) is 0.284. The van der Waals surface area contributed by atoms with Gasteiger partial charge in [-0.2, -0.15) is 0 Å². The number of carbonyl (C=O) groups is 1. The SMILES string of the molecule is COc1ccc(Cl)cc1S(=O)(=O)N1CCSc2ccc(C(=O)OC(C)(C)C)cc21. The molecule has 156 valence electrons. The maximum Gasteiger partial charge on any atom is 0.338 e. The number of benzene rings is 2. The van der Waals surface area contributed by atoms with Crippen LogP contribution in [0, 0.1) is 0 Å². The number of halogens is 1. The zero-order valence-electron chi connectivity index (χ0n) is 16.6. The Labute approximate surface area is 180 Å². The number of nitrogens with zero attached hydrogens (tertiary/aromatic N) is 1. The minimum atomic E-state index is -3.96. The Kier molecular flexibility index (Phi) is 6.08. The predicted molar refractivity (Wildman–Crippen MR) is 115 cm³/mol. The van der Waals surface area contributed by atoms with Gasteiger partial charge >= 0.3 is 5.97 Å². The Bertz CT molecular complexity index is 1050. The van der Waals surface area contributed by atoms with E-state index in [9.17, 15) is 13.2 Å². The van der Waals surface area contributed by atoms with Crippen LogP contribution < -0.4 is 9.04 Å². The molecule has 0 fully saturated rings. The number of rotatable bonds is 4. The van der Waals surface area contributed by atoms with Crippen LogP contribution in [-0.2, 0) is 14.8 Å². The molecule has 0 aromatic heterocycles. The maximum atomic E-state index is 13.5. The third kappa shape index (κ3) is 4.65. The molecule has 29 heavy (non-hydrogen) atoms. The first-order valence-electron chi connectivity index (χ1n) is 8.89. The molecular weight excluding hydrogens is 434 g/mol. The van der Waals surface area contributed by atoms with E-state index in [2.05, 4.69) is 0 Å². The molecule has 0 N–H and O–H groups in total. The van der Waals surface area contributed by atoms with Gasteiger partial charge in [-0.3, -0.25) is 4.31 Å². The average molecular weight is 456 g/mol. The fourth-order valence-electron chi connectivity index (χ4n) is 2.88. The normalized spacial score (nSPS) is 14.3. The van der Waals surface area contributed by atoms with E-state index in [1.54, 1.807) is 45.0 Å². The molecule has 1 heterocycles. The van der Waals surface area contributed by atoms with Gasteiger partial charge in [0.2, 0.25) is 0 Å². The Morgan fingerprint density at radius 3 is 2.55 bits per heavy atom. The second kappa shape index (κ2) is 8.08. The minimum absolute atomic E-state index is 0.0204. The summed E-state index contributed by atoms with van der Waals surface area (Å²) in [6, 6.07) is 9.41. The molecule has 2 aromatic carbocycles. The summed E-state index contributed by atoms with van der Waals surface area (Å²) < 4.78 is 38.9. The van der Waals surface area contributed by atoms with Crippen molar-refractivity contribution in [2.24, 2.45) is 0 Å². The van der Waals surface area contributed by atoms with Gasteiger partial charge in [-0.15, -0.1) is 11.8 Å². The van der Waals surface area contributed by atoms with Crippen LogP contribution in [0.15, 0.2) is 46.2 Å². The molecule has 0 amide bonds. The third-order valence-corrected chi connectivity index (χ3v) is 7.22. The highest BCUT2D eigenvalue weighted by atomic mass is 35.5. The first-order valence-corrected chi connectivity index (χ1v) is 11.7. The monoisotopic (exact) mass is 455 g/mol. The Hall–Kier alpha value is -1.90. The van der Waals surface area contributed by atoms with Crippen molar-refractivity contribution in [3.63, 3.8) is 0 Å². The molecule has 0 saturated heterocycles. The van der Waals surface area contributed by atoms with Crippen molar-refractivity contribution in [3.05, 3.63) is 47.0 Å². The molecule has 0 saturated carbocycles. The Balaban J connectivity index is 2.07. The molecule has 2 aromatic rings. The summed E-state index contributed by atoms with van der Waals surface area (Å²) in [6.45, 7) is 5.59. The Morgan fingerprint density at radius 2 is 1.90 bits per heavy atom. The van der Waals surface area contributed by atoms with Crippen LogP contribution in [0.25, 0.3) is 0 Å². The number of fused-ring (bicyclic) bond motifs is 1. The molecule has 6 nitrogen and oxygen atoms in total. The van der Waals surface area contributed by atoms with E-state index < -0.39 is 21.6 Å². The molecule has 0 aliphatic carbocycles. The zero-order valence-corrected chi connectivity index (χ0v) is 19.0. The van der Waals surface area contributed by atoms with E-state index in [-0.39, 0.29) is 17.2 Å². The highest BCUT2D eigenvalue weighted by molar-refractivity contribution is 8.00. The predicted octanol–water partition coefficient (Wildman–Crippen LogP) is 4.60. The van der Waals surface area contributed by atoms with Crippen LogP contribution in [0.5, 0.6) is 5.75 Å². The van der Waals surface area contributed by atoms with Crippen LogP contribution in [0.1, 0.15) is 31.1 Å². The van der Waals surface area contributed by atoms with Crippen molar-refractivity contribution in [2.45, 2.75) is 36.2 Å². The second-order valence-corrected chi connectivity index (χ2v) is 10.8. The van der Waals surface area contributed by atoms with E-state index in [1.165, 1.54) is 35.3 Å². The van der Waals surface area contributed by atoms with E-state index in [0.29, 0.717) is 22.0 Å². The first-order chi connectivity index (χ1) is 13.5. The number of esters is 1. The highest BCUT2D eigenvalue weighted by Crippen LogP contribution is 2.40. The largest absolute Gasteiger partial charge is 0.495 e. The number of anilines is 1. The number of hydrogen-bond acceptors (Lipinski definition) is 6. The molecular formula is C20H22ClNO5S2. The van der Waals surface area contributed by atoms with Crippen molar-refractivity contribution >= 4 is 45.0 Å². The topological polar surface area (TPSA) is 72.9 Å². The number of methoxy groups -OCH3 is 1. The lowest BCUT2D eigenvalue weighted by Gasteiger charge is -2.31. The summed E-state index contributed by atoms with van der Waals surface area (Å²) in [5.41, 5.74) is 0.0767. The summed E-state index contributed by atoms with van der Waals surface area (Å²) >= 11 is 7.58. The molecule has 0 radical (unpaired) electrons. The standard InChI is InChI=1S/C20H22ClNO5S2/c1-20(2,3)27-19(23)13-5-8-17-15(11-13)22(9-10-28-17)29(24,25)18-12-14(21)6-7-16(18)26-4/h5-8,11-12H,9-10H2,1-4H3. The van der Waals surface area contributed by atoms with Crippen LogP contribution in [0.3, 0.4) is 0 Å². The van der Waals surface area contributed by atoms with Gasteiger partial charge in [0.05, 0.1) is 18.4 Å². The maximum absolute atomic E-state index is 13.5. The fourth-order valence-corrected chi connectivity index (χ4v) is 5.92. The van der Waals surface area contributed by atoms with Crippen LogP contribution >= 0.6 is 23.4 Å². The van der Waals surface area contributed by atoms with Gasteiger partial charge in [0.1, 0.15) is 16.2 Å². The van der Waals surface area contributed by atoms with Crippen LogP contribution in [-0.4, -0.2) is 39.4 Å². The first kappa shape index (κ1) is 21.8. The number of thioether (sulfide) groups is 1. The quantitative estimate of drug-likeness (QED) is 0.627. The smallest absolute Gasteiger partial charge is 0.338 e. The summed E-state index contributed by atoms with van der Waals surface area (Å²) in [4.78, 5) is 13.2. The lowest BCUT2D eigenvalue weighted by molar-refractivity contribution is 0.00694. The lowest BCUT2D eigenvalue weighted by Crippen LogP contribution is -2.36. The van der Waals surface area contributed by atoms with Gasteiger partial charge in [-0.05, 0) is 57.2 Å². The average Bonchev–Trinajstić information content (AvgIpc) is 2.65. The highest BCUT2D eigenvalue weighted by Gasteiger charge is 2.33. The van der Waals surface area contributed by atoms with Gasteiger partial charge < -0.3 is 9.47 Å². The van der Waals surface area contributed by atoms with E-state index >= 15 is 0 Å². The molecule has 0 spiro atoms. The molecule has 0 atom stereocenters. The van der Waals surface area contributed by atoms with Gasteiger partial charge in [0, 0.05) is 22.2 Å². The van der Waals surface area contributed by atoms with Crippen molar-refractivity contribution in [1.29, 1.82) is 0 Å². The molecule has 0 unspecified atom stereocenters. The summed E-state index contributed by atoms with van der Waals surface area (Å²) in [5, 5.41) is 0.290. The van der Waals surface area contributed by atoms with Crippen molar-refractivity contribution < 1.29 is 22.7 Å². The van der Waals surface area contributed by atoms with Crippen molar-refractivity contribution in [2.75, 3.05) is 23.7 Å². The zero-order chi connectivity index (χ0) is 21.4. The van der Waals surface area contributed by atoms with E-state index in [1.807, 2.05) is 0 Å². The second-order valence-electron chi connectivity index (χ2n) is 7.41. The van der Waals surface area contributed by atoms with Gasteiger partial charge in [0.15, 0.2) is 0 Å². The van der Waals surface area contributed by atoms with E-state index in [0.717, 1.165) is 4.90 Å². The van der Waals surface area contributed by atoms with E-state index in [4.69, 9.17) is 21.1 Å². The fraction of sp³-hybridized carbons (Fsp3) is 0.350. The number of ether oxygens (including phenoxy) is 2. The van der Waals surface area contributed by atoms with Gasteiger partial charge in [0.25, 0.3) is 10.0 Å². The Morgan fingerprint density at radius 1 is 1.17 bits per heavy atom. The number of carbonyl (C=O) groups excluding carboxylic acids is 1. The van der Waals surface area contributed by atoms with Crippen LogP contribution in [0.2, 0.25) is 5.02 Å². The van der Waals surface area contributed by atoms with Crippen molar-refractivity contribution in [1.82, 2.24) is 0 Å². The number of hydrogen-bond donors (Lipinski definition) is 0. The van der Waals surface area contributed by atoms with Gasteiger partial charge in [-0.25, -0.2) is 13.2 Å². The van der Waals surface area contributed by atoms with Gasteiger partial charge in [-0.1, -0.05) is 11.6 Å². The lowest BCUT2D eigenvalue weighted by atomic mass is 10.1. The van der Waals surface area contributed by atoms with Crippen LogP contribution in [0.4, 0.5) is 5.69 Å². The third-order valence-electron chi connectivity index (χ3n) is 4.11. The van der Waals surface area contributed by atoms with Crippen molar-refractivity contribution in [3.8, 4) is 5.75 Å². The molecule has 3 rings (SSSR count). The molecule has 0 bridgehead atoms.